The highest BCUT2D eigenvalue weighted by atomic mass is 15.2. The number of benzene rings is 3. The Labute approximate surface area is 163 Å². The fourth-order valence-electron chi connectivity index (χ4n) is 4.45. The molecular formula is C26H29N. The Morgan fingerprint density at radius 3 is 2.07 bits per heavy atom. The van der Waals surface area contributed by atoms with Gasteiger partial charge in [0.05, 0.1) is 0 Å². The molecule has 1 atom stereocenters. The summed E-state index contributed by atoms with van der Waals surface area (Å²) >= 11 is 0. The van der Waals surface area contributed by atoms with E-state index < -0.39 is 0 Å². The number of likely N-dealkylation sites (tertiary alicyclic amines) is 1. The van der Waals surface area contributed by atoms with Crippen LogP contribution in [-0.4, -0.2) is 18.0 Å². The third-order valence-corrected chi connectivity index (χ3v) is 6.09. The molecule has 1 unspecified atom stereocenters. The van der Waals surface area contributed by atoms with E-state index in [0.29, 0.717) is 12.0 Å². The van der Waals surface area contributed by atoms with E-state index in [1.54, 1.807) is 5.56 Å². The van der Waals surface area contributed by atoms with E-state index in [-0.39, 0.29) is 0 Å². The predicted octanol–water partition coefficient (Wildman–Crippen LogP) is 6.22. The van der Waals surface area contributed by atoms with Crippen LogP contribution in [0.2, 0.25) is 0 Å². The third-order valence-electron chi connectivity index (χ3n) is 6.09. The maximum atomic E-state index is 2.64. The Morgan fingerprint density at radius 1 is 0.778 bits per heavy atom. The van der Waals surface area contributed by atoms with Crippen LogP contribution in [0.15, 0.2) is 84.9 Å². The third kappa shape index (κ3) is 4.31. The minimum Gasteiger partial charge on any atom is -0.297 e. The molecule has 4 rings (SSSR count). The van der Waals surface area contributed by atoms with Gasteiger partial charge in [-0.15, -0.1) is 0 Å². The second-order valence-electron chi connectivity index (χ2n) is 7.76. The summed E-state index contributed by atoms with van der Waals surface area (Å²) < 4.78 is 0. The Morgan fingerprint density at radius 2 is 1.37 bits per heavy atom. The summed E-state index contributed by atoms with van der Waals surface area (Å²) in [7, 11) is 0. The SMILES string of the molecule is CC(c1ccccc1)N1CCC(c2ccccc2Cc2ccccc2)CC1. The first kappa shape index (κ1) is 18.0. The Bertz CT molecular complexity index is 832. The maximum Gasteiger partial charge on any atom is 0.0319 e. The molecule has 1 fully saturated rings. The topological polar surface area (TPSA) is 3.24 Å². The zero-order valence-corrected chi connectivity index (χ0v) is 16.2. The molecule has 27 heavy (non-hydrogen) atoms. The summed E-state index contributed by atoms with van der Waals surface area (Å²) in [5.74, 6) is 0.684. The zero-order valence-electron chi connectivity index (χ0n) is 16.2. The minimum absolute atomic E-state index is 0.506. The van der Waals surface area contributed by atoms with Crippen molar-refractivity contribution in [3.05, 3.63) is 107 Å². The van der Waals surface area contributed by atoms with Crippen molar-refractivity contribution in [1.82, 2.24) is 4.90 Å². The first-order valence-corrected chi connectivity index (χ1v) is 10.2. The van der Waals surface area contributed by atoms with Gasteiger partial charge in [-0.2, -0.15) is 0 Å². The predicted molar refractivity (Wildman–Crippen MR) is 114 cm³/mol. The van der Waals surface area contributed by atoms with E-state index in [4.69, 9.17) is 0 Å². The van der Waals surface area contributed by atoms with Crippen LogP contribution in [0, 0.1) is 0 Å². The quantitative estimate of drug-likeness (QED) is 0.525. The molecule has 0 amide bonds. The minimum atomic E-state index is 0.506. The fraction of sp³-hybridized carbons (Fsp3) is 0.308. The van der Waals surface area contributed by atoms with Crippen molar-refractivity contribution in [1.29, 1.82) is 0 Å². The Balaban J connectivity index is 1.44. The van der Waals surface area contributed by atoms with Crippen LogP contribution < -0.4 is 0 Å². The number of hydrogen-bond acceptors (Lipinski definition) is 1. The van der Waals surface area contributed by atoms with Gasteiger partial charge >= 0.3 is 0 Å². The summed E-state index contributed by atoms with van der Waals surface area (Å²) in [5, 5.41) is 0. The van der Waals surface area contributed by atoms with E-state index in [1.165, 1.54) is 42.6 Å². The van der Waals surface area contributed by atoms with Crippen LogP contribution in [0.1, 0.15) is 54.0 Å². The van der Waals surface area contributed by atoms with Gasteiger partial charge < -0.3 is 0 Å². The van der Waals surface area contributed by atoms with Gasteiger partial charge in [0, 0.05) is 6.04 Å². The second-order valence-corrected chi connectivity index (χ2v) is 7.76. The molecule has 0 spiro atoms. The van der Waals surface area contributed by atoms with Gasteiger partial charge in [0.1, 0.15) is 0 Å². The van der Waals surface area contributed by atoms with Crippen molar-refractivity contribution < 1.29 is 0 Å². The van der Waals surface area contributed by atoms with Crippen molar-refractivity contribution in [3.63, 3.8) is 0 Å². The Kier molecular flexibility index (Phi) is 5.69. The lowest BCUT2D eigenvalue weighted by Crippen LogP contribution is -2.35. The molecule has 0 radical (unpaired) electrons. The average Bonchev–Trinajstić information content (AvgIpc) is 2.75. The first-order chi connectivity index (χ1) is 13.3. The molecule has 0 aliphatic carbocycles. The zero-order chi connectivity index (χ0) is 18.5. The van der Waals surface area contributed by atoms with Crippen molar-refractivity contribution in [3.8, 4) is 0 Å². The molecule has 1 heterocycles. The number of piperidine rings is 1. The lowest BCUT2D eigenvalue weighted by molar-refractivity contribution is 0.162. The summed E-state index contributed by atoms with van der Waals surface area (Å²) in [6, 6.07) is 31.4. The number of hydrogen-bond donors (Lipinski definition) is 0. The van der Waals surface area contributed by atoms with E-state index in [0.717, 1.165) is 6.42 Å². The van der Waals surface area contributed by atoms with Gasteiger partial charge in [-0.05, 0) is 67.4 Å². The second kappa shape index (κ2) is 8.54. The molecule has 0 bridgehead atoms. The van der Waals surface area contributed by atoms with Gasteiger partial charge in [-0.1, -0.05) is 84.9 Å². The first-order valence-electron chi connectivity index (χ1n) is 10.2. The molecule has 0 aromatic heterocycles. The average molecular weight is 356 g/mol. The van der Waals surface area contributed by atoms with E-state index in [9.17, 15) is 0 Å². The highest BCUT2D eigenvalue weighted by molar-refractivity contribution is 5.35. The summed E-state index contributed by atoms with van der Waals surface area (Å²) in [6.45, 7) is 4.71. The largest absolute Gasteiger partial charge is 0.297 e. The van der Waals surface area contributed by atoms with Crippen molar-refractivity contribution in [2.24, 2.45) is 0 Å². The molecule has 1 aliphatic rings. The standard InChI is InChI=1S/C26H29N/c1-21(23-12-6-3-7-13-23)27-18-16-24(17-19-27)26-15-9-8-14-25(26)20-22-10-4-2-5-11-22/h2-15,21,24H,16-20H2,1H3. The van der Waals surface area contributed by atoms with Crippen LogP contribution in [-0.2, 0) is 6.42 Å². The molecule has 1 aliphatic heterocycles. The smallest absolute Gasteiger partial charge is 0.0319 e. The molecule has 0 N–H and O–H groups in total. The Hall–Kier alpha value is -2.38. The van der Waals surface area contributed by atoms with Gasteiger partial charge in [0.2, 0.25) is 0 Å². The van der Waals surface area contributed by atoms with Crippen LogP contribution in [0.3, 0.4) is 0 Å². The summed E-state index contributed by atoms with van der Waals surface area (Å²) in [4.78, 5) is 2.64. The van der Waals surface area contributed by atoms with Crippen molar-refractivity contribution in [2.75, 3.05) is 13.1 Å². The fourth-order valence-corrected chi connectivity index (χ4v) is 4.45. The normalized spacial score (nSPS) is 16.9. The van der Waals surface area contributed by atoms with Crippen LogP contribution in [0.4, 0.5) is 0 Å². The van der Waals surface area contributed by atoms with Crippen molar-refractivity contribution in [2.45, 2.75) is 38.1 Å². The van der Waals surface area contributed by atoms with Gasteiger partial charge in [-0.3, -0.25) is 4.90 Å². The summed E-state index contributed by atoms with van der Waals surface area (Å²) in [5.41, 5.74) is 5.90. The number of nitrogens with zero attached hydrogens (tertiary/aromatic N) is 1. The summed E-state index contributed by atoms with van der Waals surface area (Å²) in [6.07, 6.45) is 3.55. The number of rotatable bonds is 5. The molecule has 138 valence electrons. The van der Waals surface area contributed by atoms with Gasteiger partial charge in [0.25, 0.3) is 0 Å². The van der Waals surface area contributed by atoms with Crippen LogP contribution in [0.25, 0.3) is 0 Å². The molecule has 1 nitrogen and oxygen atoms in total. The molecule has 0 saturated carbocycles. The molecular weight excluding hydrogens is 326 g/mol. The monoisotopic (exact) mass is 355 g/mol. The van der Waals surface area contributed by atoms with Gasteiger partial charge in [-0.25, -0.2) is 0 Å². The van der Waals surface area contributed by atoms with E-state index in [2.05, 4.69) is 96.8 Å². The van der Waals surface area contributed by atoms with Crippen LogP contribution >= 0.6 is 0 Å². The lowest BCUT2D eigenvalue weighted by Gasteiger charge is -2.37. The molecule has 3 aromatic carbocycles. The molecule has 1 heteroatoms. The van der Waals surface area contributed by atoms with Crippen molar-refractivity contribution >= 4 is 0 Å². The highest BCUT2D eigenvalue weighted by Crippen LogP contribution is 2.34. The maximum absolute atomic E-state index is 2.64. The lowest BCUT2D eigenvalue weighted by atomic mass is 9.84. The molecule has 3 aromatic rings. The molecule has 1 saturated heterocycles. The van der Waals surface area contributed by atoms with E-state index in [1.807, 2.05) is 0 Å². The van der Waals surface area contributed by atoms with E-state index >= 15 is 0 Å². The van der Waals surface area contributed by atoms with Crippen LogP contribution in [0.5, 0.6) is 0 Å². The highest BCUT2D eigenvalue weighted by Gasteiger charge is 2.25. The van der Waals surface area contributed by atoms with Gasteiger partial charge in [0.15, 0.2) is 0 Å².